The van der Waals surface area contributed by atoms with Crippen LogP contribution in [0.3, 0.4) is 0 Å². The first-order valence-electron chi connectivity index (χ1n) is 5.84. The Bertz CT molecular complexity index is 1100. The minimum atomic E-state index is -0.456. The zero-order valence-electron chi connectivity index (χ0n) is 10.0. The van der Waals surface area contributed by atoms with E-state index in [2.05, 4.69) is 20.3 Å². The molecule has 20 heavy (non-hydrogen) atoms. The Morgan fingerprint density at radius 1 is 1.15 bits per heavy atom. The number of hydrogen-bond acceptors (Lipinski definition) is 5. The van der Waals surface area contributed by atoms with Gasteiger partial charge >= 0.3 is 0 Å². The van der Waals surface area contributed by atoms with E-state index in [4.69, 9.17) is 5.73 Å². The molecule has 4 N–H and O–H groups in total. The van der Waals surface area contributed by atoms with Crippen LogP contribution in [0.1, 0.15) is 0 Å². The molecule has 0 unspecified atom stereocenters. The number of benzene rings is 1. The minimum Gasteiger partial charge on any atom is -0.382 e. The zero-order chi connectivity index (χ0) is 13.9. The maximum atomic E-state index is 12.1. The fraction of sp³-hybridized carbons (Fsp3) is 0. The second kappa shape index (κ2) is 3.44. The average Bonchev–Trinajstić information content (AvgIpc) is 2.84. The molecule has 4 aromatic rings. The molecule has 0 bridgehead atoms. The van der Waals surface area contributed by atoms with E-state index in [1.807, 2.05) is 0 Å². The molecule has 3 heterocycles. The van der Waals surface area contributed by atoms with Gasteiger partial charge in [0.05, 0.1) is 16.3 Å². The summed E-state index contributed by atoms with van der Waals surface area (Å²) in [5, 5.41) is 11.0. The van der Waals surface area contributed by atoms with Crippen LogP contribution in [-0.4, -0.2) is 24.8 Å². The van der Waals surface area contributed by atoms with Gasteiger partial charge in [-0.15, -0.1) is 0 Å². The lowest BCUT2D eigenvalue weighted by molar-refractivity contribution is 0.976. The molecule has 98 valence electrons. The summed E-state index contributed by atoms with van der Waals surface area (Å²) in [6.45, 7) is 0. The number of anilines is 1. The first-order chi connectivity index (χ1) is 9.66. The third kappa shape index (κ3) is 1.19. The Hall–Kier alpha value is -3.16. The fourth-order valence-corrected chi connectivity index (χ4v) is 2.35. The van der Waals surface area contributed by atoms with Gasteiger partial charge in [0.1, 0.15) is 5.65 Å². The largest absolute Gasteiger partial charge is 0.382 e. The first kappa shape index (κ1) is 10.7. The summed E-state index contributed by atoms with van der Waals surface area (Å²) in [5.41, 5.74) is 6.15. The molecule has 0 spiro atoms. The highest BCUT2D eigenvalue weighted by Gasteiger charge is 2.15. The van der Waals surface area contributed by atoms with Crippen LogP contribution in [0.4, 0.5) is 5.82 Å². The van der Waals surface area contributed by atoms with Crippen molar-refractivity contribution in [3.63, 3.8) is 0 Å². The van der Waals surface area contributed by atoms with E-state index < -0.39 is 5.56 Å². The third-order valence-electron chi connectivity index (χ3n) is 3.24. The van der Waals surface area contributed by atoms with E-state index >= 15 is 0 Å². The monoisotopic (exact) mass is 268 g/mol. The number of nitrogens with two attached hydrogens (primary N) is 1. The summed E-state index contributed by atoms with van der Waals surface area (Å²) in [6.07, 6.45) is 0. The van der Waals surface area contributed by atoms with Crippen molar-refractivity contribution in [3.05, 3.63) is 45.0 Å². The summed E-state index contributed by atoms with van der Waals surface area (Å²) in [6, 6.07) is 6.99. The van der Waals surface area contributed by atoms with E-state index in [9.17, 15) is 9.59 Å². The predicted molar refractivity (Wildman–Crippen MR) is 73.7 cm³/mol. The summed E-state index contributed by atoms with van der Waals surface area (Å²) in [5.74, 6) is 0.112. The van der Waals surface area contributed by atoms with Gasteiger partial charge in [-0.1, -0.05) is 12.1 Å². The molecule has 0 atom stereocenters. The molecule has 8 nitrogen and oxygen atoms in total. The molecule has 3 aromatic heterocycles. The smallest absolute Gasteiger partial charge is 0.292 e. The molecule has 0 aliphatic rings. The molecule has 0 aliphatic heterocycles. The average molecular weight is 268 g/mol. The summed E-state index contributed by atoms with van der Waals surface area (Å²) in [7, 11) is 0. The van der Waals surface area contributed by atoms with Crippen LogP contribution >= 0.6 is 0 Å². The Labute approximate surface area is 109 Å². The van der Waals surface area contributed by atoms with E-state index in [1.165, 1.54) is 4.52 Å². The van der Waals surface area contributed by atoms with Gasteiger partial charge in [0.15, 0.2) is 11.3 Å². The number of rotatable bonds is 0. The van der Waals surface area contributed by atoms with Crippen molar-refractivity contribution >= 4 is 33.3 Å². The molecule has 1 aromatic carbocycles. The van der Waals surface area contributed by atoms with E-state index in [0.717, 1.165) is 0 Å². The van der Waals surface area contributed by atoms with Crippen LogP contribution in [0.2, 0.25) is 0 Å². The van der Waals surface area contributed by atoms with E-state index in [0.29, 0.717) is 21.9 Å². The zero-order valence-corrected chi connectivity index (χ0v) is 10.0. The molecule has 0 fully saturated rings. The number of para-hydroxylation sites is 1. The van der Waals surface area contributed by atoms with E-state index in [1.54, 1.807) is 24.3 Å². The molecule has 0 aliphatic carbocycles. The number of fused-ring (bicyclic) bond motifs is 5. The van der Waals surface area contributed by atoms with Crippen LogP contribution in [0.15, 0.2) is 33.9 Å². The number of aromatic amines is 2. The predicted octanol–water partition coefficient (Wildman–Crippen LogP) is -0.00550. The molecule has 4 rings (SSSR count). The van der Waals surface area contributed by atoms with E-state index in [-0.39, 0.29) is 16.9 Å². The van der Waals surface area contributed by atoms with Gasteiger partial charge in [0, 0.05) is 0 Å². The van der Waals surface area contributed by atoms with Crippen LogP contribution in [-0.2, 0) is 0 Å². The van der Waals surface area contributed by atoms with Crippen LogP contribution in [0, 0.1) is 0 Å². The van der Waals surface area contributed by atoms with Crippen molar-refractivity contribution in [2.75, 3.05) is 5.73 Å². The number of hydrogen-bond donors (Lipinski definition) is 3. The third-order valence-corrected chi connectivity index (χ3v) is 3.24. The molecule has 0 saturated heterocycles. The highest BCUT2D eigenvalue weighted by atomic mass is 16.1. The molecule has 0 amide bonds. The van der Waals surface area contributed by atoms with Gasteiger partial charge in [-0.2, -0.15) is 10.2 Å². The second-order valence-corrected chi connectivity index (χ2v) is 4.39. The highest BCUT2D eigenvalue weighted by molar-refractivity contribution is 6.00. The number of nitrogens with zero attached hydrogens (tertiary/aromatic N) is 3. The standard InChI is InChI=1S/C12H8N6O2/c13-9-7-8(12(20)16-15-9)17-18-6-4-2-1-3-5(6)11(19)14-10(7)18/h1-4H,(H2,13,15)(H,14,19)(H,16,20). The Morgan fingerprint density at radius 2 is 1.95 bits per heavy atom. The van der Waals surface area contributed by atoms with Crippen LogP contribution < -0.4 is 16.9 Å². The fourth-order valence-electron chi connectivity index (χ4n) is 2.35. The lowest BCUT2D eigenvalue weighted by Crippen LogP contribution is -2.10. The normalized spacial score (nSPS) is 11.6. The lowest BCUT2D eigenvalue weighted by Gasteiger charge is -2.00. The number of H-pyrrole nitrogens is 2. The summed E-state index contributed by atoms with van der Waals surface area (Å²) < 4.78 is 1.49. The summed E-state index contributed by atoms with van der Waals surface area (Å²) >= 11 is 0. The number of nitrogen functional groups attached to an aromatic ring is 1. The molecular weight excluding hydrogens is 260 g/mol. The quantitative estimate of drug-likeness (QED) is 0.414. The van der Waals surface area contributed by atoms with Crippen molar-refractivity contribution in [2.24, 2.45) is 0 Å². The lowest BCUT2D eigenvalue weighted by atomic mass is 10.2. The number of nitrogens with one attached hydrogen (secondary N) is 2. The van der Waals surface area contributed by atoms with Crippen molar-refractivity contribution in [2.45, 2.75) is 0 Å². The Morgan fingerprint density at radius 3 is 2.80 bits per heavy atom. The van der Waals surface area contributed by atoms with Crippen LogP contribution in [0.25, 0.3) is 27.5 Å². The molecular formula is C12H8N6O2. The van der Waals surface area contributed by atoms with Gasteiger partial charge in [-0.05, 0) is 12.1 Å². The van der Waals surface area contributed by atoms with Crippen molar-refractivity contribution in [3.8, 4) is 0 Å². The SMILES string of the molecule is Nc1n[nH]c(=O)c2nn3c4ccccc4c(=O)[nH]c3c12. The first-order valence-corrected chi connectivity index (χ1v) is 5.84. The van der Waals surface area contributed by atoms with Gasteiger partial charge in [0.2, 0.25) is 0 Å². The van der Waals surface area contributed by atoms with Gasteiger partial charge in [-0.25, -0.2) is 9.61 Å². The molecule has 0 saturated carbocycles. The topological polar surface area (TPSA) is 122 Å². The van der Waals surface area contributed by atoms with Gasteiger partial charge in [0.25, 0.3) is 11.1 Å². The van der Waals surface area contributed by atoms with Crippen LogP contribution in [0.5, 0.6) is 0 Å². The van der Waals surface area contributed by atoms with Crippen molar-refractivity contribution < 1.29 is 0 Å². The number of aromatic nitrogens is 5. The molecule has 0 radical (unpaired) electrons. The summed E-state index contributed by atoms with van der Waals surface area (Å²) in [4.78, 5) is 26.6. The van der Waals surface area contributed by atoms with Crippen molar-refractivity contribution in [1.29, 1.82) is 0 Å². The van der Waals surface area contributed by atoms with Gasteiger partial charge < -0.3 is 10.7 Å². The Kier molecular flexibility index (Phi) is 1.85. The maximum Gasteiger partial charge on any atom is 0.292 e. The van der Waals surface area contributed by atoms with Gasteiger partial charge in [-0.3, -0.25) is 9.59 Å². The maximum absolute atomic E-state index is 12.1. The second-order valence-electron chi connectivity index (χ2n) is 4.39. The minimum absolute atomic E-state index is 0.112. The Balaban J connectivity index is 2.44. The van der Waals surface area contributed by atoms with Crippen molar-refractivity contribution in [1.82, 2.24) is 24.8 Å². The molecule has 8 heteroatoms. The highest BCUT2D eigenvalue weighted by Crippen LogP contribution is 2.21.